The summed E-state index contributed by atoms with van der Waals surface area (Å²) in [5.74, 6) is -1.39. The summed E-state index contributed by atoms with van der Waals surface area (Å²) in [4.78, 5) is 25.2. The Bertz CT molecular complexity index is 652. The molecule has 0 radical (unpaired) electrons. The fourth-order valence-corrected chi connectivity index (χ4v) is 5.39. The van der Waals surface area contributed by atoms with Gasteiger partial charge in [0.1, 0.15) is 12.2 Å². The second-order valence-corrected chi connectivity index (χ2v) is 12.0. The van der Waals surface area contributed by atoms with Crippen molar-refractivity contribution in [2.75, 3.05) is 0 Å². The van der Waals surface area contributed by atoms with Gasteiger partial charge in [0.05, 0.1) is 34.5 Å². The van der Waals surface area contributed by atoms with E-state index >= 15 is 0 Å². The van der Waals surface area contributed by atoms with Crippen LogP contribution in [0.15, 0.2) is 0 Å². The highest BCUT2D eigenvalue weighted by Crippen LogP contribution is 2.39. The van der Waals surface area contributed by atoms with Crippen LogP contribution in [-0.4, -0.2) is 66.8 Å². The normalized spacial score (nSPS) is 27.5. The second kappa shape index (κ2) is 8.61. The topological polar surface area (TPSA) is 105 Å². The van der Waals surface area contributed by atoms with Crippen LogP contribution in [-0.2, 0) is 19.1 Å². The third-order valence-electron chi connectivity index (χ3n) is 6.79. The monoisotopic (exact) mass is 444 g/mol. The molecule has 2 fully saturated rings. The van der Waals surface area contributed by atoms with Gasteiger partial charge in [0.2, 0.25) is 0 Å². The van der Waals surface area contributed by atoms with E-state index in [1.165, 1.54) is 0 Å². The fraction of sp³-hybridized carbons (Fsp3) is 0.913. The average Bonchev–Trinajstić information content (AvgIpc) is 2.56. The van der Waals surface area contributed by atoms with Crippen LogP contribution in [0.3, 0.4) is 0 Å². The number of hydrogen-bond acceptors (Lipinski definition) is 6. The molecule has 0 saturated carbocycles. The molecule has 0 amide bonds. The predicted molar refractivity (Wildman–Crippen MR) is 119 cm³/mol. The van der Waals surface area contributed by atoms with E-state index in [-0.39, 0.29) is 18.6 Å². The van der Waals surface area contributed by atoms with Gasteiger partial charge in [0.15, 0.2) is 0 Å². The van der Waals surface area contributed by atoms with Crippen molar-refractivity contribution in [3.63, 3.8) is 0 Å². The predicted octanol–water partition coefficient (Wildman–Crippen LogP) is 2.42. The number of ether oxygens (including phenoxy) is 2. The lowest BCUT2D eigenvalue weighted by Crippen LogP contribution is -2.61. The molecule has 2 saturated heterocycles. The molecule has 4 N–H and O–H groups in total. The Labute approximate surface area is 186 Å². The summed E-state index contributed by atoms with van der Waals surface area (Å²) < 4.78 is 11.5. The molecule has 0 aromatic heterocycles. The van der Waals surface area contributed by atoms with Crippen LogP contribution in [0, 0.1) is 5.92 Å². The Morgan fingerprint density at radius 3 is 1.45 bits per heavy atom. The minimum absolute atomic E-state index is 0.0230. The molecule has 2 aliphatic heterocycles. The number of hydrogen-bond donors (Lipinski definition) is 0. The minimum atomic E-state index is -0.593. The van der Waals surface area contributed by atoms with Crippen molar-refractivity contribution >= 4 is 11.9 Å². The standard InChI is InChI=1S/C23H42N2O6/c1-15(19(27)31-17-13-22(6,7)25(29)23(8,9)14-17)10-18(26)30-16-11-20(2,3)24(28)21(4,5)12-16/h15-17,28-29H,10-14H2,1-9H3/p+2. The van der Waals surface area contributed by atoms with E-state index in [4.69, 9.17) is 19.9 Å². The van der Waals surface area contributed by atoms with E-state index in [0.29, 0.717) is 25.7 Å². The zero-order chi connectivity index (χ0) is 24.0. The maximum atomic E-state index is 12.7. The average molecular weight is 445 g/mol. The number of nitrogens with zero attached hydrogens (tertiary/aromatic N) is 2. The first-order valence-corrected chi connectivity index (χ1v) is 11.3. The Hall–Kier alpha value is -1.22. The van der Waals surface area contributed by atoms with Crippen molar-refractivity contribution in [2.45, 2.75) is 129 Å². The van der Waals surface area contributed by atoms with E-state index in [1.807, 2.05) is 55.4 Å². The summed E-state index contributed by atoms with van der Waals surface area (Å²) >= 11 is 0. The maximum Gasteiger partial charge on any atom is 0.309 e. The fourth-order valence-electron chi connectivity index (χ4n) is 5.39. The summed E-state index contributed by atoms with van der Waals surface area (Å²) in [6.07, 6.45) is 1.76. The molecule has 0 bridgehead atoms. The van der Waals surface area contributed by atoms with E-state index in [9.17, 15) is 9.59 Å². The van der Waals surface area contributed by atoms with Gasteiger partial charge < -0.3 is 19.9 Å². The molecule has 0 aromatic carbocycles. The number of hydroxylamine groups is 4. The SMILES string of the molecule is CC(CC(=O)OC1CC(C)(C)N([OH2+])C(C)(C)C1)C(=O)OC1CC(C)(C)N([OH2+])C(C)(C)C1. The Kier molecular flexibility index (Phi) is 7.23. The molecule has 180 valence electrons. The molecule has 31 heavy (non-hydrogen) atoms. The third kappa shape index (κ3) is 5.97. The molecule has 0 aromatic rings. The molecule has 8 nitrogen and oxygen atoms in total. The lowest BCUT2D eigenvalue weighted by molar-refractivity contribution is -0.260. The number of esters is 2. The largest absolute Gasteiger partial charge is 0.462 e. The van der Waals surface area contributed by atoms with E-state index in [2.05, 4.69) is 0 Å². The second-order valence-electron chi connectivity index (χ2n) is 12.0. The molecule has 8 heteroatoms. The molecule has 2 aliphatic rings. The van der Waals surface area contributed by atoms with Gasteiger partial charge in [-0.05, 0) is 55.4 Å². The maximum absolute atomic E-state index is 12.7. The van der Waals surface area contributed by atoms with Crippen LogP contribution in [0.1, 0.15) is 94.4 Å². The van der Waals surface area contributed by atoms with Crippen LogP contribution in [0.4, 0.5) is 0 Å². The number of carbonyl (C=O) groups excluding carboxylic acids is 2. The van der Waals surface area contributed by atoms with Gasteiger partial charge in [-0.3, -0.25) is 9.59 Å². The summed E-state index contributed by atoms with van der Waals surface area (Å²) in [5, 5.41) is 19.8. The minimum Gasteiger partial charge on any atom is -0.462 e. The molecular formula is C23H44N2O6+2. The first-order valence-electron chi connectivity index (χ1n) is 11.3. The lowest BCUT2D eigenvalue weighted by atomic mass is 9.80. The Morgan fingerprint density at radius 2 is 1.10 bits per heavy atom. The van der Waals surface area contributed by atoms with E-state index < -0.39 is 40.0 Å². The molecular weight excluding hydrogens is 400 g/mol. The molecule has 0 aliphatic carbocycles. The molecule has 2 rings (SSSR count). The van der Waals surface area contributed by atoms with Gasteiger partial charge in [0, 0.05) is 25.7 Å². The van der Waals surface area contributed by atoms with Gasteiger partial charge in [-0.2, -0.15) is 0 Å². The van der Waals surface area contributed by atoms with Crippen molar-refractivity contribution in [1.82, 2.24) is 10.1 Å². The first kappa shape index (κ1) is 26.0. The molecule has 1 atom stereocenters. The lowest BCUT2D eigenvalue weighted by Gasteiger charge is -2.47. The van der Waals surface area contributed by atoms with Crippen LogP contribution < -0.4 is 0 Å². The quantitative estimate of drug-likeness (QED) is 0.476. The van der Waals surface area contributed by atoms with E-state index in [0.717, 1.165) is 0 Å². The number of piperidine rings is 2. The third-order valence-corrected chi connectivity index (χ3v) is 6.79. The smallest absolute Gasteiger partial charge is 0.309 e. The van der Waals surface area contributed by atoms with Gasteiger partial charge in [-0.1, -0.05) is 17.1 Å². The van der Waals surface area contributed by atoms with Crippen LogP contribution in [0.5, 0.6) is 0 Å². The number of carbonyl (C=O) groups is 2. The highest BCUT2D eigenvalue weighted by Gasteiger charge is 2.51. The van der Waals surface area contributed by atoms with Gasteiger partial charge in [-0.25, -0.2) is 0 Å². The summed E-state index contributed by atoms with van der Waals surface area (Å²) in [6, 6.07) is 0. The van der Waals surface area contributed by atoms with Crippen LogP contribution in [0.25, 0.3) is 0 Å². The molecule has 0 spiro atoms. The summed E-state index contributed by atoms with van der Waals surface area (Å²) in [5.41, 5.74) is -1.60. The Balaban J connectivity index is 1.91. The highest BCUT2D eigenvalue weighted by atomic mass is 16.6. The Morgan fingerprint density at radius 1 is 0.774 bits per heavy atom. The van der Waals surface area contributed by atoms with Crippen LogP contribution in [0.2, 0.25) is 0 Å². The zero-order valence-electron chi connectivity index (χ0n) is 20.8. The molecule has 1 unspecified atom stereocenters. The van der Waals surface area contributed by atoms with E-state index in [1.54, 1.807) is 17.1 Å². The first-order chi connectivity index (χ1) is 13.9. The summed E-state index contributed by atoms with van der Waals surface area (Å²) in [6.45, 7) is 17.5. The van der Waals surface area contributed by atoms with Crippen molar-refractivity contribution in [3.8, 4) is 0 Å². The highest BCUT2D eigenvalue weighted by molar-refractivity contribution is 5.79. The van der Waals surface area contributed by atoms with Crippen molar-refractivity contribution < 1.29 is 29.5 Å². The van der Waals surface area contributed by atoms with Gasteiger partial charge in [-0.15, -0.1) is 0 Å². The zero-order valence-corrected chi connectivity index (χ0v) is 20.8. The van der Waals surface area contributed by atoms with Crippen LogP contribution >= 0.6 is 0 Å². The van der Waals surface area contributed by atoms with Crippen molar-refractivity contribution in [3.05, 3.63) is 0 Å². The van der Waals surface area contributed by atoms with Gasteiger partial charge in [0.25, 0.3) is 0 Å². The molecule has 2 heterocycles. The van der Waals surface area contributed by atoms with Crippen molar-refractivity contribution in [2.24, 2.45) is 5.92 Å². The summed E-state index contributed by atoms with van der Waals surface area (Å²) in [7, 11) is 0. The number of rotatable bonds is 5. The van der Waals surface area contributed by atoms with Gasteiger partial charge >= 0.3 is 11.9 Å². The van der Waals surface area contributed by atoms with Crippen molar-refractivity contribution in [1.29, 1.82) is 0 Å².